The van der Waals surface area contributed by atoms with Gasteiger partial charge in [0.25, 0.3) is 5.69 Å². The first-order valence-corrected chi connectivity index (χ1v) is 7.34. The molecule has 2 aromatic rings. The molecule has 2 rings (SSSR count). The number of ether oxygens (including phenoxy) is 1. The highest BCUT2D eigenvalue weighted by molar-refractivity contribution is 5.95. The largest absolute Gasteiger partial charge is 0.494 e. The summed E-state index contributed by atoms with van der Waals surface area (Å²) in [7, 11) is 1.39. The normalized spacial score (nSPS) is 10.1. The highest BCUT2D eigenvalue weighted by atomic mass is 16.6. The zero-order chi connectivity index (χ0) is 17.7. The van der Waals surface area contributed by atoms with E-state index in [1.165, 1.54) is 25.3 Å². The number of anilines is 2. The molecule has 0 fully saturated rings. The Kier molecular flexibility index (Phi) is 5.36. The zero-order valence-electron chi connectivity index (χ0n) is 13.8. The molecule has 0 radical (unpaired) electrons. The van der Waals surface area contributed by atoms with Crippen molar-refractivity contribution in [3.05, 3.63) is 57.6 Å². The van der Waals surface area contributed by atoms with E-state index in [2.05, 4.69) is 10.6 Å². The number of carbonyl (C=O) groups excluding carboxylic acids is 1. The van der Waals surface area contributed by atoms with Crippen molar-refractivity contribution in [2.45, 2.75) is 13.8 Å². The number of amides is 1. The van der Waals surface area contributed by atoms with Crippen molar-refractivity contribution in [2.75, 3.05) is 24.3 Å². The van der Waals surface area contributed by atoms with E-state index in [0.29, 0.717) is 5.69 Å². The van der Waals surface area contributed by atoms with E-state index < -0.39 is 4.92 Å². The van der Waals surface area contributed by atoms with Gasteiger partial charge in [0, 0.05) is 11.8 Å². The summed E-state index contributed by atoms with van der Waals surface area (Å²) in [6, 6.07) is 9.99. The van der Waals surface area contributed by atoms with Crippen molar-refractivity contribution in [1.82, 2.24) is 0 Å². The van der Waals surface area contributed by atoms with E-state index >= 15 is 0 Å². The average molecular weight is 329 g/mol. The van der Waals surface area contributed by atoms with Gasteiger partial charge in [0.2, 0.25) is 5.91 Å². The number of carbonyl (C=O) groups is 1. The minimum Gasteiger partial charge on any atom is -0.494 e. The first-order chi connectivity index (χ1) is 11.4. The Morgan fingerprint density at radius 1 is 1.17 bits per heavy atom. The summed E-state index contributed by atoms with van der Waals surface area (Å²) in [6.07, 6.45) is 0. The van der Waals surface area contributed by atoms with Crippen LogP contribution in [0.15, 0.2) is 36.4 Å². The van der Waals surface area contributed by atoms with Gasteiger partial charge in [-0.2, -0.15) is 0 Å². The Morgan fingerprint density at radius 3 is 2.58 bits per heavy atom. The first kappa shape index (κ1) is 17.3. The van der Waals surface area contributed by atoms with Crippen LogP contribution in [0.3, 0.4) is 0 Å². The van der Waals surface area contributed by atoms with Gasteiger partial charge < -0.3 is 15.4 Å². The molecule has 0 unspecified atom stereocenters. The van der Waals surface area contributed by atoms with E-state index in [9.17, 15) is 14.9 Å². The van der Waals surface area contributed by atoms with Crippen molar-refractivity contribution in [3.8, 4) is 5.75 Å². The van der Waals surface area contributed by atoms with E-state index in [1.54, 1.807) is 0 Å². The third kappa shape index (κ3) is 4.22. The van der Waals surface area contributed by atoms with Crippen LogP contribution in [0.2, 0.25) is 0 Å². The molecule has 2 N–H and O–H groups in total. The molecule has 24 heavy (non-hydrogen) atoms. The van der Waals surface area contributed by atoms with Crippen LogP contribution in [0, 0.1) is 24.0 Å². The van der Waals surface area contributed by atoms with Gasteiger partial charge in [0.1, 0.15) is 5.75 Å². The lowest BCUT2D eigenvalue weighted by atomic mass is 10.1. The van der Waals surface area contributed by atoms with E-state index in [0.717, 1.165) is 16.8 Å². The molecule has 0 spiro atoms. The van der Waals surface area contributed by atoms with E-state index in [-0.39, 0.29) is 23.9 Å². The second-order valence-corrected chi connectivity index (χ2v) is 5.36. The fourth-order valence-electron chi connectivity index (χ4n) is 2.19. The number of nitrogens with zero attached hydrogens (tertiary/aromatic N) is 1. The highest BCUT2D eigenvalue weighted by Crippen LogP contribution is 2.28. The lowest BCUT2D eigenvalue weighted by Crippen LogP contribution is -2.22. The van der Waals surface area contributed by atoms with Crippen LogP contribution in [-0.4, -0.2) is 24.5 Å². The summed E-state index contributed by atoms with van der Waals surface area (Å²) in [4.78, 5) is 22.4. The van der Waals surface area contributed by atoms with Crippen LogP contribution < -0.4 is 15.4 Å². The van der Waals surface area contributed by atoms with Gasteiger partial charge in [-0.3, -0.25) is 14.9 Å². The van der Waals surface area contributed by atoms with Crippen LogP contribution in [-0.2, 0) is 4.79 Å². The number of rotatable bonds is 6. The second-order valence-electron chi connectivity index (χ2n) is 5.36. The summed E-state index contributed by atoms with van der Waals surface area (Å²) < 4.78 is 5.10. The summed E-state index contributed by atoms with van der Waals surface area (Å²) in [5.74, 6) is -0.0349. The first-order valence-electron chi connectivity index (χ1n) is 7.34. The van der Waals surface area contributed by atoms with Gasteiger partial charge in [0.05, 0.1) is 30.3 Å². The van der Waals surface area contributed by atoms with Gasteiger partial charge in [-0.05, 0) is 37.1 Å². The Morgan fingerprint density at radius 2 is 1.92 bits per heavy atom. The number of nitrogens with one attached hydrogen (secondary N) is 2. The molecular weight excluding hydrogens is 310 g/mol. The van der Waals surface area contributed by atoms with Crippen molar-refractivity contribution in [3.63, 3.8) is 0 Å². The number of hydrogen-bond donors (Lipinski definition) is 2. The number of aryl methyl sites for hydroxylation is 2. The van der Waals surface area contributed by atoms with E-state index in [4.69, 9.17) is 4.74 Å². The molecule has 0 aromatic heterocycles. The third-order valence-electron chi connectivity index (χ3n) is 3.50. The third-order valence-corrected chi connectivity index (χ3v) is 3.50. The number of non-ortho nitro benzene ring substituents is 1. The summed E-state index contributed by atoms with van der Waals surface area (Å²) in [5.41, 5.74) is 3.32. The monoisotopic (exact) mass is 329 g/mol. The molecule has 1 amide bonds. The Balaban J connectivity index is 2.04. The van der Waals surface area contributed by atoms with Crippen LogP contribution in [0.5, 0.6) is 5.75 Å². The molecule has 0 heterocycles. The molecule has 0 aliphatic rings. The molecule has 7 nitrogen and oxygen atoms in total. The van der Waals surface area contributed by atoms with Crippen molar-refractivity contribution < 1.29 is 14.5 Å². The summed E-state index contributed by atoms with van der Waals surface area (Å²) >= 11 is 0. The Labute approximate surface area is 139 Å². The standard InChI is InChI=1S/C17H19N3O4/c1-11-4-5-12(2)15(8-11)18-10-17(21)19-14-7-6-13(20(22)23)9-16(14)24-3/h4-9,18H,10H2,1-3H3,(H,19,21). The van der Waals surface area contributed by atoms with Crippen LogP contribution in [0.1, 0.15) is 11.1 Å². The number of nitro groups is 1. The zero-order valence-corrected chi connectivity index (χ0v) is 13.8. The molecule has 7 heteroatoms. The lowest BCUT2D eigenvalue weighted by molar-refractivity contribution is -0.384. The summed E-state index contributed by atoms with van der Waals surface area (Å²) in [5, 5.41) is 16.5. The number of nitro benzene ring substituents is 1. The quantitative estimate of drug-likeness (QED) is 0.626. The van der Waals surface area contributed by atoms with Crippen LogP contribution in [0.4, 0.5) is 17.1 Å². The van der Waals surface area contributed by atoms with Gasteiger partial charge >= 0.3 is 0 Å². The number of hydrogen-bond acceptors (Lipinski definition) is 5. The number of methoxy groups -OCH3 is 1. The van der Waals surface area contributed by atoms with Crippen LogP contribution in [0.25, 0.3) is 0 Å². The van der Waals surface area contributed by atoms with Crippen molar-refractivity contribution in [2.24, 2.45) is 0 Å². The fourth-order valence-corrected chi connectivity index (χ4v) is 2.19. The summed E-state index contributed by atoms with van der Waals surface area (Å²) in [6.45, 7) is 4.01. The van der Waals surface area contributed by atoms with Gasteiger partial charge in [-0.1, -0.05) is 12.1 Å². The van der Waals surface area contributed by atoms with Gasteiger partial charge in [-0.25, -0.2) is 0 Å². The molecule has 0 saturated carbocycles. The van der Waals surface area contributed by atoms with Crippen molar-refractivity contribution in [1.29, 1.82) is 0 Å². The van der Waals surface area contributed by atoms with Gasteiger partial charge in [0.15, 0.2) is 0 Å². The second kappa shape index (κ2) is 7.45. The molecule has 0 atom stereocenters. The molecule has 0 aliphatic carbocycles. The predicted octanol–water partition coefficient (Wildman–Crippen LogP) is 3.27. The average Bonchev–Trinajstić information content (AvgIpc) is 2.55. The fraction of sp³-hybridized carbons (Fsp3) is 0.235. The molecule has 0 aliphatic heterocycles. The maximum Gasteiger partial charge on any atom is 0.273 e. The molecule has 126 valence electrons. The maximum absolute atomic E-state index is 12.1. The Bertz CT molecular complexity index is 774. The Hall–Kier alpha value is -3.09. The predicted molar refractivity (Wildman–Crippen MR) is 92.7 cm³/mol. The molecule has 0 saturated heterocycles. The molecule has 0 bridgehead atoms. The highest BCUT2D eigenvalue weighted by Gasteiger charge is 2.13. The SMILES string of the molecule is COc1cc([N+](=O)[O-])ccc1NC(=O)CNc1cc(C)ccc1C. The minimum atomic E-state index is -0.518. The minimum absolute atomic E-state index is 0.0738. The molecular formula is C17H19N3O4. The lowest BCUT2D eigenvalue weighted by Gasteiger charge is -2.12. The molecule has 2 aromatic carbocycles. The smallest absolute Gasteiger partial charge is 0.273 e. The number of benzene rings is 2. The van der Waals surface area contributed by atoms with Crippen molar-refractivity contribution >= 4 is 23.0 Å². The van der Waals surface area contributed by atoms with Gasteiger partial charge in [-0.15, -0.1) is 0 Å². The topological polar surface area (TPSA) is 93.5 Å². The maximum atomic E-state index is 12.1. The van der Waals surface area contributed by atoms with Crippen LogP contribution >= 0.6 is 0 Å². The van der Waals surface area contributed by atoms with E-state index in [1.807, 2.05) is 32.0 Å².